The number of benzene rings is 1. The fourth-order valence-electron chi connectivity index (χ4n) is 3.17. The molecular formula is C21H26N4O4S. The number of urea groups is 1. The molecule has 0 spiro atoms. The van der Waals surface area contributed by atoms with Gasteiger partial charge in [0.1, 0.15) is 15.5 Å². The van der Waals surface area contributed by atoms with Crippen molar-refractivity contribution < 1.29 is 18.0 Å². The lowest BCUT2D eigenvalue weighted by molar-refractivity contribution is 0.0948. The summed E-state index contributed by atoms with van der Waals surface area (Å²) in [6.07, 6.45) is 3.76. The van der Waals surface area contributed by atoms with Crippen LogP contribution in [0.4, 0.5) is 10.5 Å². The third kappa shape index (κ3) is 5.56. The Balaban J connectivity index is 1.51. The number of pyridine rings is 1. The van der Waals surface area contributed by atoms with E-state index in [2.05, 4.69) is 21.7 Å². The van der Waals surface area contributed by atoms with Gasteiger partial charge in [-0.15, -0.1) is 0 Å². The Morgan fingerprint density at radius 2 is 1.90 bits per heavy atom. The average Bonchev–Trinajstić information content (AvgIpc) is 2.73. The summed E-state index contributed by atoms with van der Waals surface area (Å²) < 4.78 is 22.8. The highest BCUT2D eigenvalue weighted by molar-refractivity contribution is 7.91. The van der Waals surface area contributed by atoms with E-state index in [4.69, 9.17) is 0 Å². The van der Waals surface area contributed by atoms with E-state index in [1.165, 1.54) is 24.1 Å². The molecule has 0 saturated heterocycles. The van der Waals surface area contributed by atoms with Crippen molar-refractivity contribution in [2.75, 3.05) is 24.7 Å². The highest BCUT2D eigenvalue weighted by Gasteiger charge is 2.20. The van der Waals surface area contributed by atoms with Crippen molar-refractivity contribution in [1.29, 1.82) is 0 Å². The summed E-state index contributed by atoms with van der Waals surface area (Å²) in [5.74, 6) is -0.388. The Hall–Kier alpha value is -2.94. The van der Waals surface area contributed by atoms with Crippen molar-refractivity contribution in [1.82, 2.24) is 15.2 Å². The zero-order valence-electron chi connectivity index (χ0n) is 17.1. The first-order valence-corrected chi connectivity index (χ1v) is 11.8. The van der Waals surface area contributed by atoms with E-state index < -0.39 is 15.1 Å². The van der Waals surface area contributed by atoms with Crippen LogP contribution < -0.4 is 10.6 Å². The summed E-state index contributed by atoms with van der Waals surface area (Å²) in [7, 11) is -3.12. The maximum Gasteiger partial charge on any atom is 0.322 e. The number of carbonyl (C=O) groups is 2. The van der Waals surface area contributed by atoms with Gasteiger partial charge in [-0.05, 0) is 43.0 Å². The molecule has 3 rings (SSSR count). The topological polar surface area (TPSA) is 108 Å². The van der Waals surface area contributed by atoms with Crippen molar-refractivity contribution in [3.05, 3.63) is 59.4 Å². The minimum absolute atomic E-state index is 0.201. The number of aromatic nitrogens is 1. The van der Waals surface area contributed by atoms with Crippen LogP contribution in [0.15, 0.2) is 42.6 Å². The molecule has 1 atom stereocenters. The lowest BCUT2D eigenvalue weighted by Crippen LogP contribution is -2.38. The molecule has 2 N–H and O–H groups in total. The second-order valence-corrected chi connectivity index (χ2v) is 9.95. The summed E-state index contributed by atoms with van der Waals surface area (Å²) in [4.78, 5) is 30.5. The average molecular weight is 431 g/mol. The first-order chi connectivity index (χ1) is 14.2. The number of rotatable bonds is 6. The van der Waals surface area contributed by atoms with Gasteiger partial charge >= 0.3 is 6.03 Å². The Morgan fingerprint density at radius 3 is 2.57 bits per heavy atom. The van der Waals surface area contributed by atoms with Crippen LogP contribution in [-0.4, -0.2) is 54.8 Å². The highest BCUT2D eigenvalue weighted by Crippen LogP contribution is 2.19. The molecule has 0 bridgehead atoms. The van der Waals surface area contributed by atoms with Gasteiger partial charge in [-0.2, -0.15) is 0 Å². The highest BCUT2D eigenvalue weighted by atomic mass is 32.2. The van der Waals surface area contributed by atoms with Crippen molar-refractivity contribution in [3.8, 4) is 0 Å². The van der Waals surface area contributed by atoms with Gasteiger partial charge < -0.3 is 15.5 Å². The smallest absolute Gasteiger partial charge is 0.322 e. The summed E-state index contributed by atoms with van der Waals surface area (Å²) in [5.41, 5.74) is 3.12. The zero-order chi connectivity index (χ0) is 21.7. The van der Waals surface area contributed by atoms with Gasteiger partial charge in [-0.1, -0.05) is 24.3 Å². The van der Waals surface area contributed by atoms with Gasteiger partial charge in [0.2, 0.25) is 0 Å². The lowest BCUT2D eigenvalue weighted by atomic mass is 10.0. The van der Waals surface area contributed by atoms with Gasteiger partial charge in [0.25, 0.3) is 5.91 Å². The predicted molar refractivity (Wildman–Crippen MR) is 115 cm³/mol. The van der Waals surface area contributed by atoms with E-state index in [1.54, 1.807) is 17.9 Å². The molecular weight excluding hydrogens is 404 g/mol. The monoisotopic (exact) mass is 430 g/mol. The van der Waals surface area contributed by atoms with Crippen LogP contribution in [0.1, 0.15) is 35.0 Å². The van der Waals surface area contributed by atoms with Gasteiger partial charge in [-0.3, -0.25) is 4.79 Å². The number of nitrogens with zero attached hydrogens (tertiary/aromatic N) is 2. The quantitative estimate of drug-likeness (QED) is 0.731. The van der Waals surface area contributed by atoms with Crippen molar-refractivity contribution >= 4 is 27.5 Å². The van der Waals surface area contributed by atoms with Gasteiger partial charge in [-0.25, -0.2) is 18.2 Å². The molecule has 2 aromatic rings. The van der Waals surface area contributed by atoms with Gasteiger partial charge in [0.15, 0.2) is 0 Å². The molecule has 1 aromatic carbocycles. The molecule has 0 aliphatic carbocycles. The maximum absolute atomic E-state index is 12.5. The molecule has 2 heterocycles. The molecule has 1 aromatic heterocycles. The third-order valence-electron chi connectivity index (χ3n) is 5.23. The van der Waals surface area contributed by atoms with Crippen LogP contribution in [0.5, 0.6) is 0 Å². The van der Waals surface area contributed by atoms with E-state index in [0.29, 0.717) is 25.2 Å². The van der Waals surface area contributed by atoms with Crippen LogP contribution in [0.2, 0.25) is 0 Å². The van der Waals surface area contributed by atoms with E-state index >= 15 is 0 Å². The van der Waals surface area contributed by atoms with Crippen molar-refractivity contribution in [2.24, 2.45) is 0 Å². The number of hydrogen-bond acceptors (Lipinski definition) is 5. The number of sulfone groups is 1. The minimum Gasteiger partial charge on any atom is -0.351 e. The zero-order valence-corrected chi connectivity index (χ0v) is 17.9. The molecule has 8 nitrogen and oxygen atoms in total. The fourth-order valence-corrected chi connectivity index (χ4v) is 3.71. The van der Waals surface area contributed by atoms with Crippen LogP contribution >= 0.6 is 0 Å². The number of fused-ring (bicyclic) bond motifs is 1. The Morgan fingerprint density at radius 1 is 1.17 bits per heavy atom. The summed E-state index contributed by atoms with van der Waals surface area (Å²) in [6.45, 7) is 3.05. The normalized spacial score (nSPS) is 14.5. The predicted octanol–water partition coefficient (Wildman–Crippen LogP) is 2.22. The van der Waals surface area contributed by atoms with E-state index in [0.717, 1.165) is 12.0 Å². The third-order valence-corrected chi connectivity index (χ3v) is 6.93. The summed E-state index contributed by atoms with van der Waals surface area (Å²) in [5, 5.41) is 4.95. The maximum atomic E-state index is 12.5. The standard InChI is InChI=1S/C21H26N4O4S/c1-15(30(2,28)29)9-11-22-20(26)19-8-7-18(13-23-19)24-21(27)25-12-10-16-5-3-4-6-17(16)14-25/h3-8,13,15H,9-12,14H2,1-2H3,(H,22,26)(H,24,27). The number of hydrogen-bond donors (Lipinski definition) is 2. The van der Waals surface area contributed by atoms with Crippen molar-refractivity contribution in [3.63, 3.8) is 0 Å². The first-order valence-electron chi connectivity index (χ1n) is 9.80. The fraction of sp³-hybridized carbons (Fsp3) is 0.381. The number of carbonyl (C=O) groups excluding carboxylic acids is 2. The Labute approximate surface area is 176 Å². The molecule has 1 aliphatic rings. The largest absolute Gasteiger partial charge is 0.351 e. The van der Waals surface area contributed by atoms with E-state index in [9.17, 15) is 18.0 Å². The van der Waals surface area contributed by atoms with E-state index in [-0.39, 0.29) is 24.2 Å². The summed E-state index contributed by atoms with van der Waals surface area (Å²) >= 11 is 0. The van der Waals surface area contributed by atoms with Crippen LogP contribution in [0.3, 0.4) is 0 Å². The van der Waals surface area contributed by atoms with Crippen LogP contribution in [0, 0.1) is 0 Å². The summed E-state index contributed by atoms with van der Waals surface area (Å²) in [6, 6.07) is 11.0. The van der Waals surface area contributed by atoms with Crippen LogP contribution in [-0.2, 0) is 22.8 Å². The minimum atomic E-state index is -3.12. The number of anilines is 1. The number of amides is 3. The molecule has 1 aliphatic heterocycles. The molecule has 3 amide bonds. The molecule has 0 fully saturated rings. The number of nitrogens with one attached hydrogen (secondary N) is 2. The molecule has 1 unspecified atom stereocenters. The molecule has 0 radical (unpaired) electrons. The lowest BCUT2D eigenvalue weighted by Gasteiger charge is -2.28. The molecule has 0 saturated carbocycles. The van der Waals surface area contributed by atoms with Gasteiger partial charge in [0.05, 0.1) is 17.1 Å². The van der Waals surface area contributed by atoms with Crippen LogP contribution in [0.25, 0.3) is 0 Å². The SMILES string of the molecule is CC(CCNC(=O)c1ccc(NC(=O)N2CCc3ccccc3C2)cn1)S(C)(=O)=O. The van der Waals surface area contributed by atoms with Gasteiger partial charge in [0, 0.05) is 25.9 Å². The Bertz CT molecular complexity index is 1020. The first kappa shape index (κ1) is 21.8. The van der Waals surface area contributed by atoms with E-state index in [1.807, 2.05) is 18.2 Å². The van der Waals surface area contributed by atoms with Crippen molar-refractivity contribution in [2.45, 2.75) is 31.6 Å². The second kappa shape index (κ2) is 9.25. The molecule has 160 valence electrons. The second-order valence-electron chi connectivity index (χ2n) is 7.49. The Kier molecular flexibility index (Phi) is 6.71. The molecule has 9 heteroatoms. The molecule has 30 heavy (non-hydrogen) atoms.